The first kappa shape index (κ1) is 12.7. The molecule has 0 bridgehead atoms. The van der Waals surface area contributed by atoms with Gasteiger partial charge in [-0.2, -0.15) is 0 Å². The van der Waals surface area contributed by atoms with Crippen molar-refractivity contribution < 1.29 is 9.47 Å². The Morgan fingerprint density at radius 2 is 2.05 bits per heavy atom. The van der Waals surface area contributed by atoms with Gasteiger partial charge in [0.2, 0.25) is 0 Å². The number of nitrogens with one attached hydrogen (secondary N) is 1. The molecule has 1 aromatic carbocycles. The number of ether oxygens (including phenoxy) is 2. The Morgan fingerprint density at radius 3 is 2.75 bits per heavy atom. The summed E-state index contributed by atoms with van der Waals surface area (Å²) in [5.41, 5.74) is 1.43. The molecular formula is C14H12N2O3S. The molecule has 0 aliphatic rings. The number of benzene rings is 1. The first-order chi connectivity index (χ1) is 9.72. The summed E-state index contributed by atoms with van der Waals surface area (Å²) in [5.74, 6) is 1.47. The van der Waals surface area contributed by atoms with Crippen LogP contribution in [0, 0.1) is 0 Å². The van der Waals surface area contributed by atoms with Gasteiger partial charge in [-0.05, 0) is 24.3 Å². The molecule has 0 aliphatic heterocycles. The van der Waals surface area contributed by atoms with Crippen LogP contribution in [0.15, 0.2) is 35.4 Å². The van der Waals surface area contributed by atoms with Gasteiger partial charge in [-0.1, -0.05) is 0 Å². The summed E-state index contributed by atoms with van der Waals surface area (Å²) >= 11 is 1.38. The van der Waals surface area contributed by atoms with E-state index in [1.165, 1.54) is 17.7 Å². The number of rotatable bonds is 3. The molecule has 3 rings (SSSR count). The van der Waals surface area contributed by atoms with Crippen LogP contribution in [0.5, 0.6) is 11.5 Å². The lowest BCUT2D eigenvalue weighted by Gasteiger charge is -2.08. The van der Waals surface area contributed by atoms with Crippen LogP contribution < -0.4 is 15.0 Å². The topological polar surface area (TPSA) is 64.2 Å². The molecule has 2 aromatic heterocycles. The second kappa shape index (κ2) is 4.97. The maximum absolute atomic E-state index is 11.8. The molecule has 0 unspecified atom stereocenters. The van der Waals surface area contributed by atoms with Gasteiger partial charge < -0.3 is 14.5 Å². The maximum Gasteiger partial charge on any atom is 0.268 e. The predicted molar refractivity (Wildman–Crippen MR) is 78.8 cm³/mol. The standard InChI is InChI=1S/C14H12N2O3S/c1-18-8-3-4-11(19-2)9(5-8)12-6-10-13(20-12)14(17)16-7-15-10/h3-7H,1-2H3,(H,15,16,17). The van der Waals surface area contributed by atoms with Crippen molar-refractivity contribution in [2.75, 3.05) is 14.2 Å². The number of fused-ring (bicyclic) bond motifs is 1. The fourth-order valence-electron chi connectivity index (χ4n) is 2.01. The number of aromatic amines is 1. The highest BCUT2D eigenvalue weighted by molar-refractivity contribution is 7.22. The van der Waals surface area contributed by atoms with Crippen molar-refractivity contribution in [2.24, 2.45) is 0 Å². The fourth-order valence-corrected chi connectivity index (χ4v) is 3.03. The predicted octanol–water partition coefficient (Wildman–Crippen LogP) is 2.67. The SMILES string of the molecule is COc1ccc(OC)c(-c2cc3nc[nH]c(=O)c3s2)c1. The molecule has 0 radical (unpaired) electrons. The molecule has 0 fully saturated rings. The second-order valence-corrected chi connectivity index (χ2v) is 5.18. The third kappa shape index (κ3) is 2.04. The van der Waals surface area contributed by atoms with Gasteiger partial charge in [0.25, 0.3) is 5.56 Å². The Hall–Kier alpha value is -2.34. The first-order valence-electron chi connectivity index (χ1n) is 5.92. The second-order valence-electron chi connectivity index (χ2n) is 4.12. The number of nitrogens with zero attached hydrogens (tertiary/aromatic N) is 1. The van der Waals surface area contributed by atoms with E-state index in [1.54, 1.807) is 14.2 Å². The molecule has 5 nitrogen and oxygen atoms in total. The van der Waals surface area contributed by atoms with Crippen LogP contribution in [0.4, 0.5) is 0 Å². The molecule has 0 saturated carbocycles. The summed E-state index contributed by atoms with van der Waals surface area (Å²) in [6, 6.07) is 7.45. The molecule has 6 heteroatoms. The first-order valence-corrected chi connectivity index (χ1v) is 6.74. The van der Waals surface area contributed by atoms with E-state index in [0.29, 0.717) is 10.2 Å². The summed E-state index contributed by atoms with van der Waals surface area (Å²) in [4.78, 5) is 19.4. The Bertz CT molecular complexity index is 823. The van der Waals surface area contributed by atoms with Crippen LogP contribution in [0.2, 0.25) is 0 Å². The molecule has 0 amide bonds. The lowest BCUT2D eigenvalue weighted by Crippen LogP contribution is -2.02. The van der Waals surface area contributed by atoms with Gasteiger partial charge in [0, 0.05) is 10.4 Å². The largest absolute Gasteiger partial charge is 0.497 e. The van der Waals surface area contributed by atoms with Gasteiger partial charge in [0.15, 0.2) is 0 Å². The van der Waals surface area contributed by atoms with Gasteiger partial charge in [-0.25, -0.2) is 4.98 Å². The smallest absolute Gasteiger partial charge is 0.268 e. The van der Waals surface area contributed by atoms with Crippen molar-refractivity contribution in [3.63, 3.8) is 0 Å². The van der Waals surface area contributed by atoms with Crippen LogP contribution >= 0.6 is 11.3 Å². The van der Waals surface area contributed by atoms with Gasteiger partial charge in [-0.3, -0.25) is 4.79 Å². The number of thiophene rings is 1. The summed E-state index contributed by atoms with van der Waals surface area (Å²) in [7, 11) is 3.23. The number of methoxy groups -OCH3 is 2. The van der Waals surface area contributed by atoms with Crippen LogP contribution in [0.25, 0.3) is 20.7 Å². The average molecular weight is 288 g/mol. The van der Waals surface area contributed by atoms with Crippen molar-refractivity contribution in [3.05, 3.63) is 40.9 Å². The lowest BCUT2D eigenvalue weighted by molar-refractivity contribution is 0.404. The molecule has 20 heavy (non-hydrogen) atoms. The highest BCUT2D eigenvalue weighted by atomic mass is 32.1. The van der Waals surface area contributed by atoms with E-state index in [9.17, 15) is 4.79 Å². The Kier molecular flexibility index (Phi) is 3.15. The number of H-pyrrole nitrogens is 1. The van der Waals surface area contributed by atoms with Gasteiger partial charge in [0.1, 0.15) is 16.2 Å². The molecule has 3 aromatic rings. The number of hydrogen-bond acceptors (Lipinski definition) is 5. The van der Waals surface area contributed by atoms with Crippen LogP contribution in [-0.4, -0.2) is 24.2 Å². The zero-order valence-electron chi connectivity index (χ0n) is 11.0. The van der Waals surface area contributed by atoms with Crippen molar-refractivity contribution in [1.29, 1.82) is 0 Å². The quantitative estimate of drug-likeness (QED) is 0.804. The van der Waals surface area contributed by atoms with Gasteiger partial charge in [-0.15, -0.1) is 11.3 Å². The molecular weight excluding hydrogens is 276 g/mol. The monoisotopic (exact) mass is 288 g/mol. The van der Waals surface area contributed by atoms with Crippen molar-refractivity contribution in [3.8, 4) is 21.9 Å². The van der Waals surface area contributed by atoms with Crippen molar-refractivity contribution in [2.45, 2.75) is 0 Å². The molecule has 102 valence electrons. The van der Waals surface area contributed by atoms with E-state index < -0.39 is 0 Å². The van der Waals surface area contributed by atoms with Crippen molar-refractivity contribution in [1.82, 2.24) is 9.97 Å². The minimum absolute atomic E-state index is 0.131. The molecule has 0 atom stereocenters. The van der Waals surface area contributed by atoms with E-state index in [4.69, 9.17) is 9.47 Å². The Morgan fingerprint density at radius 1 is 1.20 bits per heavy atom. The van der Waals surface area contributed by atoms with E-state index in [-0.39, 0.29) is 5.56 Å². The molecule has 2 heterocycles. The molecule has 1 N–H and O–H groups in total. The lowest BCUT2D eigenvalue weighted by atomic mass is 10.1. The summed E-state index contributed by atoms with van der Waals surface area (Å²) < 4.78 is 11.2. The number of aromatic nitrogens is 2. The molecule has 0 aliphatic carbocycles. The van der Waals surface area contributed by atoms with Crippen LogP contribution in [-0.2, 0) is 0 Å². The zero-order valence-corrected chi connectivity index (χ0v) is 11.8. The minimum atomic E-state index is -0.131. The maximum atomic E-state index is 11.8. The fraction of sp³-hybridized carbons (Fsp3) is 0.143. The van der Waals surface area contributed by atoms with E-state index >= 15 is 0 Å². The average Bonchev–Trinajstić information content (AvgIpc) is 2.92. The Balaban J connectivity index is 2.24. The van der Waals surface area contributed by atoms with E-state index in [0.717, 1.165) is 21.9 Å². The summed E-state index contributed by atoms with van der Waals surface area (Å²) in [5, 5.41) is 0. The molecule has 0 saturated heterocycles. The third-order valence-electron chi connectivity index (χ3n) is 2.99. The highest BCUT2D eigenvalue weighted by Crippen LogP contribution is 2.38. The van der Waals surface area contributed by atoms with E-state index in [1.807, 2.05) is 24.3 Å². The van der Waals surface area contributed by atoms with E-state index in [2.05, 4.69) is 9.97 Å². The van der Waals surface area contributed by atoms with Gasteiger partial charge >= 0.3 is 0 Å². The third-order valence-corrected chi connectivity index (χ3v) is 4.15. The van der Waals surface area contributed by atoms with Gasteiger partial charge in [0.05, 0.1) is 26.1 Å². The zero-order chi connectivity index (χ0) is 14.1. The summed E-state index contributed by atoms with van der Waals surface area (Å²) in [6.07, 6.45) is 1.41. The van der Waals surface area contributed by atoms with Crippen LogP contribution in [0.1, 0.15) is 0 Å². The van der Waals surface area contributed by atoms with Crippen LogP contribution in [0.3, 0.4) is 0 Å². The number of hydrogen-bond donors (Lipinski definition) is 1. The minimum Gasteiger partial charge on any atom is -0.497 e. The normalized spacial score (nSPS) is 10.7. The highest BCUT2D eigenvalue weighted by Gasteiger charge is 2.13. The molecule has 0 spiro atoms. The van der Waals surface area contributed by atoms with Crippen molar-refractivity contribution >= 4 is 21.6 Å². The summed E-state index contributed by atoms with van der Waals surface area (Å²) in [6.45, 7) is 0. The Labute approximate surface area is 118 Å².